The molecule has 0 bridgehead atoms. The van der Waals surface area contributed by atoms with Gasteiger partial charge in [0.25, 0.3) is 11.8 Å². The van der Waals surface area contributed by atoms with Crippen LogP contribution in [0, 0.1) is 6.92 Å². The Morgan fingerprint density at radius 2 is 1.44 bits per heavy atom. The highest BCUT2D eigenvalue weighted by Gasteiger charge is 2.15. The minimum Gasteiger partial charge on any atom is -0.348 e. The Morgan fingerprint density at radius 1 is 0.815 bits per heavy atom. The van der Waals surface area contributed by atoms with Crippen molar-refractivity contribution in [1.82, 2.24) is 5.32 Å². The summed E-state index contributed by atoms with van der Waals surface area (Å²) in [5.41, 5.74) is 3.34. The molecular formula is C22H19ClN2O2. The number of halogens is 1. The van der Waals surface area contributed by atoms with E-state index in [1.165, 1.54) is 0 Å². The lowest BCUT2D eigenvalue weighted by molar-refractivity contribution is 0.0951. The van der Waals surface area contributed by atoms with Crippen molar-refractivity contribution in [1.29, 1.82) is 0 Å². The van der Waals surface area contributed by atoms with Crippen LogP contribution < -0.4 is 10.6 Å². The van der Waals surface area contributed by atoms with Crippen LogP contribution in [0.15, 0.2) is 72.8 Å². The Kier molecular flexibility index (Phi) is 5.89. The van der Waals surface area contributed by atoms with Gasteiger partial charge in [0.15, 0.2) is 0 Å². The van der Waals surface area contributed by atoms with E-state index >= 15 is 0 Å². The molecule has 0 atom stereocenters. The fraction of sp³-hybridized carbons (Fsp3) is 0.0909. The molecule has 3 aromatic rings. The average molecular weight is 379 g/mol. The molecule has 0 aliphatic rings. The van der Waals surface area contributed by atoms with E-state index in [1.807, 2.05) is 31.2 Å². The van der Waals surface area contributed by atoms with Crippen molar-refractivity contribution >= 4 is 29.1 Å². The summed E-state index contributed by atoms with van der Waals surface area (Å²) < 4.78 is 0. The fourth-order valence-electron chi connectivity index (χ4n) is 2.70. The van der Waals surface area contributed by atoms with Crippen molar-refractivity contribution in [3.63, 3.8) is 0 Å². The van der Waals surface area contributed by atoms with Gasteiger partial charge in [0.2, 0.25) is 0 Å². The van der Waals surface area contributed by atoms with Crippen LogP contribution in [0.25, 0.3) is 0 Å². The summed E-state index contributed by atoms with van der Waals surface area (Å²) in [6.45, 7) is 2.41. The first-order valence-electron chi connectivity index (χ1n) is 8.54. The van der Waals surface area contributed by atoms with Gasteiger partial charge in [-0.1, -0.05) is 60.1 Å². The minimum atomic E-state index is -0.361. The van der Waals surface area contributed by atoms with Crippen molar-refractivity contribution in [2.24, 2.45) is 0 Å². The molecule has 2 amide bonds. The van der Waals surface area contributed by atoms with E-state index in [4.69, 9.17) is 11.6 Å². The second-order valence-electron chi connectivity index (χ2n) is 6.09. The lowest BCUT2D eigenvalue weighted by Crippen LogP contribution is -2.25. The predicted molar refractivity (Wildman–Crippen MR) is 108 cm³/mol. The van der Waals surface area contributed by atoms with E-state index in [0.717, 1.165) is 11.1 Å². The van der Waals surface area contributed by atoms with Gasteiger partial charge in [-0.05, 0) is 42.3 Å². The van der Waals surface area contributed by atoms with Gasteiger partial charge in [0.1, 0.15) is 0 Å². The number of carbonyl (C=O) groups excluding carboxylic acids is 2. The molecule has 0 heterocycles. The Labute approximate surface area is 163 Å². The standard InChI is InChI=1S/C22H19ClN2O2/c1-15-8-2-3-9-16(15)14-24-21(26)18-11-5-7-13-20(18)25-22(27)17-10-4-6-12-19(17)23/h2-13H,14H2,1H3,(H,24,26)(H,25,27). The molecule has 0 spiro atoms. The summed E-state index contributed by atoms with van der Waals surface area (Å²) in [6.07, 6.45) is 0. The average Bonchev–Trinajstić information content (AvgIpc) is 2.68. The van der Waals surface area contributed by atoms with Crippen molar-refractivity contribution in [3.8, 4) is 0 Å². The molecular weight excluding hydrogens is 360 g/mol. The number of carbonyl (C=O) groups is 2. The van der Waals surface area contributed by atoms with Gasteiger partial charge in [-0.15, -0.1) is 0 Å². The van der Waals surface area contributed by atoms with Crippen LogP contribution >= 0.6 is 11.6 Å². The van der Waals surface area contributed by atoms with Gasteiger partial charge < -0.3 is 10.6 Å². The zero-order valence-electron chi connectivity index (χ0n) is 14.8. The molecule has 5 heteroatoms. The maximum Gasteiger partial charge on any atom is 0.257 e. The summed E-state index contributed by atoms with van der Waals surface area (Å²) >= 11 is 6.08. The second kappa shape index (κ2) is 8.52. The number of hydrogen-bond acceptors (Lipinski definition) is 2. The van der Waals surface area contributed by atoms with E-state index in [-0.39, 0.29) is 11.8 Å². The molecule has 27 heavy (non-hydrogen) atoms. The van der Waals surface area contributed by atoms with E-state index in [9.17, 15) is 9.59 Å². The van der Waals surface area contributed by atoms with Crippen LogP contribution in [-0.2, 0) is 6.54 Å². The smallest absolute Gasteiger partial charge is 0.257 e. The summed E-state index contributed by atoms with van der Waals surface area (Å²) in [5, 5.41) is 6.04. The van der Waals surface area contributed by atoms with Gasteiger partial charge in [0.05, 0.1) is 21.8 Å². The fourth-order valence-corrected chi connectivity index (χ4v) is 2.93. The molecule has 136 valence electrons. The molecule has 3 rings (SSSR count). The highest BCUT2D eigenvalue weighted by molar-refractivity contribution is 6.34. The third-order valence-electron chi connectivity index (χ3n) is 4.24. The molecule has 4 nitrogen and oxygen atoms in total. The first-order chi connectivity index (χ1) is 13.1. The maximum absolute atomic E-state index is 12.6. The molecule has 0 saturated carbocycles. The first kappa shape index (κ1) is 18.7. The monoisotopic (exact) mass is 378 g/mol. The third kappa shape index (κ3) is 4.54. The first-order valence-corrected chi connectivity index (χ1v) is 8.91. The van der Waals surface area contributed by atoms with Gasteiger partial charge >= 0.3 is 0 Å². The van der Waals surface area contributed by atoms with Gasteiger partial charge in [-0.25, -0.2) is 0 Å². The number of para-hydroxylation sites is 1. The highest BCUT2D eigenvalue weighted by Crippen LogP contribution is 2.20. The lowest BCUT2D eigenvalue weighted by atomic mass is 10.1. The van der Waals surface area contributed by atoms with Gasteiger partial charge in [-0.2, -0.15) is 0 Å². The molecule has 0 aromatic heterocycles. The van der Waals surface area contributed by atoms with E-state index in [2.05, 4.69) is 10.6 Å². The number of nitrogens with one attached hydrogen (secondary N) is 2. The Hall–Kier alpha value is -3.11. The van der Waals surface area contributed by atoms with Crippen LogP contribution in [0.2, 0.25) is 5.02 Å². The van der Waals surface area contributed by atoms with E-state index in [1.54, 1.807) is 48.5 Å². The van der Waals surface area contributed by atoms with E-state index < -0.39 is 0 Å². The second-order valence-corrected chi connectivity index (χ2v) is 6.50. The number of hydrogen-bond donors (Lipinski definition) is 2. The molecule has 3 aromatic carbocycles. The molecule has 0 saturated heterocycles. The summed E-state index contributed by atoms with van der Waals surface area (Å²) in [4.78, 5) is 25.2. The van der Waals surface area contributed by atoms with E-state index in [0.29, 0.717) is 28.4 Å². The summed E-state index contributed by atoms with van der Waals surface area (Å²) in [7, 11) is 0. The van der Waals surface area contributed by atoms with Crippen LogP contribution in [0.1, 0.15) is 31.8 Å². The molecule has 0 fully saturated rings. The number of benzene rings is 3. The topological polar surface area (TPSA) is 58.2 Å². The van der Waals surface area contributed by atoms with Crippen LogP contribution in [0.4, 0.5) is 5.69 Å². The minimum absolute atomic E-state index is 0.256. The maximum atomic E-state index is 12.6. The lowest BCUT2D eigenvalue weighted by Gasteiger charge is -2.13. The van der Waals surface area contributed by atoms with Crippen LogP contribution in [0.5, 0.6) is 0 Å². The molecule has 0 unspecified atom stereocenters. The zero-order valence-corrected chi connectivity index (χ0v) is 15.6. The Morgan fingerprint density at radius 3 is 2.19 bits per heavy atom. The molecule has 0 aliphatic heterocycles. The highest BCUT2D eigenvalue weighted by atomic mass is 35.5. The summed E-state index contributed by atoms with van der Waals surface area (Å²) in [5.74, 6) is -0.618. The third-order valence-corrected chi connectivity index (χ3v) is 4.57. The van der Waals surface area contributed by atoms with Gasteiger partial charge in [0, 0.05) is 6.54 Å². The molecule has 0 radical (unpaired) electrons. The number of aryl methyl sites for hydroxylation is 1. The van der Waals surface area contributed by atoms with Crippen LogP contribution in [-0.4, -0.2) is 11.8 Å². The predicted octanol–water partition coefficient (Wildman–Crippen LogP) is 4.83. The quantitative estimate of drug-likeness (QED) is 0.668. The van der Waals surface area contributed by atoms with Crippen molar-refractivity contribution in [2.75, 3.05) is 5.32 Å². The number of rotatable bonds is 5. The van der Waals surface area contributed by atoms with Crippen molar-refractivity contribution in [2.45, 2.75) is 13.5 Å². The normalized spacial score (nSPS) is 10.3. The zero-order chi connectivity index (χ0) is 19.2. The summed E-state index contributed by atoms with van der Waals surface area (Å²) in [6, 6.07) is 21.5. The van der Waals surface area contributed by atoms with Crippen LogP contribution in [0.3, 0.4) is 0 Å². The number of amides is 2. The molecule has 0 aliphatic carbocycles. The van der Waals surface area contributed by atoms with Crippen molar-refractivity contribution < 1.29 is 9.59 Å². The van der Waals surface area contributed by atoms with Crippen molar-refractivity contribution in [3.05, 3.63) is 100 Å². The Balaban J connectivity index is 1.75. The Bertz CT molecular complexity index is 985. The van der Waals surface area contributed by atoms with Gasteiger partial charge in [-0.3, -0.25) is 9.59 Å². The SMILES string of the molecule is Cc1ccccc1CNC(=O)c1ccccc1NC(=O)c1ccccc1Cl. The molecule has 2 N–H and O–H groups in total. The number of anilines is 1. The largest absolute Gasteiger partial charge is 0.348 e.